The van der Waals surface area contributed by atoms with Crippen LogP contribution in [0, 0.1) is 0 Å². The fourth-order valence-electron chi connectivity index (χ4n) is 1.63. The minimum atomic E-state index is -3.48. The minimum absolute atomic E-state index is 0.00679. The van der Waals surface area contributed by atoms with Crippen LogP contribution in [0.4, 0.5) is 0 Å². The Morgan fingerprint density at radius 1 is 1.60 bits per heavy atom. The highest BCUT2D eigenvalue weighted by Crippen LogP contribution is 2.19. The molecule has 88 valence electrons. The lowest BCUT2D eigenvalue weighted by Gasteiger charge is -2.20. The molecule has 0 aromatic heterocycles. The normalized spacial score (nSPS) is 23.1. The summed E-state index contributed by atoms with van der Waals surface area (Å²) in [7, 11) is -3.48. The zero-order chi connectivity index (χ0) is 11.5. The number of carboxylic acid groups (broad SMARTS) is 1. The van der Waals surface area contributed by atoms with Crippen LogP contribution in [0.5, 0.6) is 0 Å². The van der Waals surface area contributed by atoms with Gasteiger partial charge in [-0.05, 0) is 19.8 Å². The smallest absolute Gasteiger partial charge is 0.304 e. The monoisotopic (exact) mass is 236 g/mol. The third kappa shape index (κ3) is 3.44. The zero-order valence-corrected chi connectivity index (χ0v) is 9.46. The van der Waals surface area contributed by atoms with Crippen LogP contribution in [0.15, 0.2) is 0 Å². The molecule has 0 spiro atoms. The van der Waals surface area contributed by atoms with E-state index >= 15 is 0 Å². The Morgan fingerprint density at radius 2 is 2.27 bits per heavy atom. The summed E-state index contributed by atoms with van der Waals surface area (Å²) in [5.41, 5.74) is 0. The number of hydrogen-bond acceptors (Lipinski definition) is 3. The van der Waals surface area contributed by atoms with E-state index in [4.69, 9.17) is 5.11 Å². The molecule has 1 aliphatic rings. The van der Waals surface area contributed by atoms with Gasteiger partial charge in [0.2, 0.25) is 0 Å². The van der Waals surface area contributed by atoms with Gasteiger partial charge < -0.3 is 5.11 Å². The van der Waals surface area contributed by atoms with Crippen molar-refractivity contribution >= 4 is 16.2 Å². The molecule has 0 amide bonds. The van der Waals surface area contributed by atoms with Crippen LogP contribution in [-0.4, -0.2) is 42.9 Å². The first-order valence-corrected chi connectivity index (χ1v) is 6.35. The third-order valence-corrected chi connectivity index (χ3v) is 4.15. The van der Waals surface area contributed by atoms with E-state index in [0.29, 0.717) is 6.54 Å². The maximum atomic E-state index is 11.6. The average molecular weight is 236 g/mol. The van der Waals surface area contributed by atoms with Gasteiger partial charge in [0.05, 0.1) is 6.42 Å². The lowest BCUT2D eigenvalue weighted by molar-refractivity contribution is -0.136. The molecule has 1 atom stereocenters. The first-order valence-electron chi connectivity index (χ1n) is 4.91. The van der Waals surface area contributed by atoms with Crippen LogP contribution in [-0.2, 0) is 15.0 Å². The molecular formula is C8H16N2O4S. The maximum Gasteiger partial charge on any atom is 0.304 e. The van der Waals surface area contributed by atoms with Crippen molar-refractivity contribution in [2.45, 2.75) is 32.2 Å². The van der Waals surface area contributed by atoms with Gasteiger partial charge in [0.15, 0.2) is 0 Å². The summed E-state index contributed by atoms with van der Waals surface area (Å²) < 4.78 is 27.0. The van der Waals surface area contributed by atoms with Crippen LogP contribution in [0.1, 0.15) is 26.2 Å². The molecule has 0 radical (unpaired) electrons. The Balaban J connectivity index is 2.48. The van der Waals surface area contributed by atoms with Crippen molar-refractivity contribution in [1.82, 2.24) is 9.03 Å². The number of rotatable bonds is 5. The van der Waals surface area contributed by atoms with Gasteiger partial charge in [0.25, 0.3) is 10.2 Å². The molecule has 0 saturated carbocycles. The van der Waals surface area contributed by atoms with Crippen molar-refractivity contribution in [2.24, 2.45) is 0 Å². The largest absolute Gasteiger partial charge is 0.481 e. The van der Waals surface area contributed by atoms with Crippen molar-refractivity contribution in [3.8, 4) is 0 Å². The van der Waals surface area contributed by atoms with E-state index < -0.39 is 16.2 Å². The Kier molecular flexibility index (Phi) is 4.06. The number of nitrogens with one attached hydrogen (secondary N) is 1. The van der Waals surface area contributed by atoms with E-state index in [-0.39, 0.29) is 19.0 Å². The van der Waals surface area contributed by atoms with E-state index in [1.54, 1.807) is 0 Å². The van der Waals surface area contributed by atoms with Crippen LogP contribution in [0.3, 0.4) is 0 Å². The first-order chi connectivity index (χ1) is 6.93. The van der Waals surface area contributed by atoms with E-state index in [0.717, 1.165) is 12.8 Å². The Bertz CT molecular complexity index is 328. The topological polar surface area (TPSA) is 86.7 Å². The van der Waals surface area contributed by atoms with E-state index in [1.165, 1.54) is 4.31 Å². The Hall–Kier alpha value is -0.660. The van der Waals surface area contributed by atoms with Crippen molar-refractivity contribution in [3.05, 3.63) is 0 Å². The van der Waals surface area contributed by atoms with Crippen LogP contribution in [0.25, 0.3) is 0 Å². The maximum absolute atomic E-state index is 11.6. The summed E-state index contributed by atoms with van der Waals surface area (Å²) in [6.45, 7) is 2.31. The quantitative estimate of drug-likeness (QED) is 0.691. The van der Waals surface area contributed by atoms with Crippen molar-refractivity contribution in [1.29, 1.82) is 0 Å². The number of carboxylic acids is 1. The molecule has 0 aromatic rings. The van der Waals surface area contributed by atoms with Gasteiger partial charge in [-0.1, -0.05) is 0 Å². The SMILES string of the molecule is CC1CCCN1S(=O)(=O)NCCC(=O)O. The molecule has 15 heavy (non-hydrogen) atoms. The number of aliphatic carboxylic acids is 1. The summed E-state index contributed by atoms with van der Waals surface area (Å²) in [6, 6.07) is 0.00679. The van der Waals surface area contributed by atoms with Gasteiger partial charge in [-0.3, -0.25) is 4.79 Å². The molecule has 1 heterocycles. The lowest BCUT2D eigenvalue weighted by atomic mass is 10.3. The minimum Gasteiger partial charge on any atom is -0.481 e. The molecule has 1 fully saturated rings. The summed E-state index contributed by atoms with van der Waals surface area (Å²) in [5.74, 6) is -1.01. The predicted molar refractivity (Wildman–Crippen MR) is 54.6 cm³/mol. The van der Waals surface area contributed by atoms with Gasteiger partial charge in [-0.15, -0.1) is 0 Å². The van der Waals surface area contributed by atoms with E-state index in [9.17, 15) is 13.2 Å². The Labute approximate surface area is 89.4 Å². The van der Waals surface area contributed by atoms with Gasteiger partial charge in [-0.2, -0.15) is 12.7 Å². The summed E-state index contributed by atoms with van der Waals surface area (Å²) >= 11 is 0. The standard InChI is InChI=1S/C8H16N2O4S/c1-7-3-2-6-10(7)15(13,14)9-5-4-8(11)12/h7,9H,2-6H2,1H3,(H,11,12). The zero-order valence-electron chi connectivity index (χ0n) is 8.64. The summed E-state index contributed by atoms with van der Waals surface area (Å²) in [6.07, 6.45) is 1.53. The second-order valence-corrected chi connectivity index (χ2v) is 5.35. The van der Waals surface area contributed by atoms with Gasteiger partial charge >= 0.3 is 5.97 Å². The highest BCUT2D eigenvalue weighted by atomic mass is 32.2. The van der Waals surface area contributed by atoms with Gasteiger partial charge in [0.1, 0.15) is 0 Å². The molecule has 1 saturated heterocycles. The lowest BCUT2D eigenvalue weighted by Crippen LogP contribution is -2.43. The van der Waals surface area contributed by atoms with Crippen LogP contribution < -0.4 is 4.72 Å². The summed E-state index contributed by atoms with van der Waals surface area (Å²) in [5, 5.41) is 8.38. The number of hydrogen-bond donors (Lipinski definition) is 2. The fraction of sp³-hybridized carbons (Fsp3) is 0.875. The molecule has 7 heteroatoms. The third-order valence-electron chi connectivity index (χ3n) is 2.42. The highest BCUT2D eigenvalue weighted by molar-refractivity contribution is 7.87. The fourth-order valence-corrected chi connectivity index (χ4v) is 3.11. The van der Waals surface area contributed by atoms with Crippen LogP contribution >= 0.6 is 0 Å². The molecule has 1 unspecified atom stereocenters. The molecule has 0 aromatic carbocycles. The molecule has 2 N–H and O–H groups in total. The second kappa shape index (κ2) is 4.91. The van der Waals surface area contributed by atoms with Crippen LogP contribution in [0.2, 0.25) is 0 Å². The molecule has 1 aliphatic heterocycles. The highest BCUT2D eigenvalue weighted by Gasteiger charge is 2.30. The molecule has 0 aliphatic carbocycles. The van der Waals surface area contributed by atoms with Crippen molar-refractivity contribution in [2.75, 3.05) is 13.1 Å². The Morgan fingerprint density at radius 3 is 2.73 bits per heavy atom. The van der Waals surface area contributed by atoms with Gasteiger partial charge in [0, 0.05) is 19.1 Å². The first kappa shape index (κ1) is 12.4. The second-order valence-electron chi connectivity index (χ2n) is 3.65. The van der Waals surface area contributed by atoms with Crippen molar-refractivity contribution in [3.63, 3.8) is 0 Å². The van der Waals surface area contributed by atoms with Crippen molar-refractivity contribution < 1.29 is 18.3 Å². The number of nitrogens with zero attached hydrogens (tertiary/aromatic N) is 1. The van der Waals surface area contributed by atoms with Gasteiger partial charge in [-0.25, -0.2) is 4.72 Å². The predicted octanol–water partition coefficient (Wildman–Crippen LogP) is -0.220. The van der Waals surface area contributed by atoms with E-state index in [1.807, 2.05) is 6.92 Å². The molecule has 0 bridgehead atoms. The van der Waals surface area contributed by atoms with E-state index in [2.05, 4.69) is 4.72 Å². The molecular weight excluding hydrogens is 220 g/mol. The molecule has 1 rings (SSSR count). The molecule has 6 nitrogen and oxygen atoms in total. The average Bonchev–Trinajstić information content (AvgIpc) is 2.50. The summed E-state index contributed by atoms with van der Waals surface area (Å²) in [4.78, 5) is 10.2. The number of carbonyl (C=O) groups is 1.